The van der Waals surface area contributed by atoms with Crippen LogP contribution in [0.25, 0.3) is 0 Å². The summed E-state index contributed by atoms with van der Waals surface area (Å²) in [6, 6.07) is 3.91. The van der Waals surface area contributed by atoms with E-state index in [2.05, 4.69) is 15.9 Å². The van der Waals surface area contributed by atoms with Gasteiger partial charge in [-0.25, -0.2) is 0 Å². The summed E-state index contributed by atoms with van der Waals surface area (Å²) in [7, 11) is 3.29. The van der Waals surface area contributed by atoms with Crippen LogP contribution in [0.5, 0.6) is 11.5 Å². The third kappa shape index (κ3) is 3.11. The quantitative estimate of drug-likeness (QED) is 0.916. The van der Waals surface area contributed by atoms with Crippen molar-refractivity contribution in [3.05, 3.63) is 22.2 Å². The van der Waals surface area contributed by atoms with Gasteiger partial charge in [0.2, 0.25) is 0 Å². The third-order valence-electron chi connectivity index (χ3n) is 2.10. The highest BCUT2D eigenvalue weighted by molar-refractivity contribution is 9.10. The third-order valence-corrected chi connectivity index (χ3v) is 2.56. The van der Waals surface area contributed by atoms with Crippen molar-refractivity contribution in [1.29, 1.82) is 0 Å². The van der Waals surface area contributed by atoms with Crippen molar-refractivity contribution >= 4 is 15.9 Å². The van der Waals surface area contributed by atoms with Crippen LogP contribution in [0.4, 0.5) is 0 Å². The van der Waals surface area contributed by atoms with Crippen LogP contribution in [0.2, 0.25) is 0 Å². The molecule has 1 rings (SSSR count). The second kappa shape index (κ2) is 5.37. The maximum Gasteiger partial charge on any atom is 0.126 e. The van der Waals surface area contributed by atoms with Crippen molar-refractivity contribution < 1.29 is 9.47 Å². The molecule has 0 bridgehead atoms. The van der Waals surface area contributed by atoms with Crippen LogP contribution in [-0.4, -0.2) is 20.3 Å². The van der Waals surface area contributed by atoms with Gasteiger partial charge in [-0.2, -0.15) is 0 Å². The molecule has 0 aliphatic carbocycles. The zero-order valence-corrected chi connectivity index (χ0v) is 10.8. The highest BCUT2D eigenvalue weighted by Crippen LogP contribution is 2.33. The van der Waals surface area contributed by atoms with E-state index in [1.54, 1.807) is 14.2 Å². The Balaban J connectivity index is 3.18. The standard InChI is InChI=1S/C11H16BrNO2/c1-7(13)4-9-10(14-2)5-8(12)6-11(9)15-3/h5-7H,4,13H2,1-3H3. The fourth-order valence-corrected chi connectivity index (χ4v) is 1.89. The van der Waals surface area contributed by atoms with E-state index in [0.29, 0.717) is 0 Å². The van der Waals surface area contributed by atoms with Crippen LogP contribution < -0.4 is 15.2 Å². The number of halogens is 1. The Morgan fingerprint density at radius 3 is 2.07 bits per heavy atom. The molecule has 0 aliphatic rings. The summed E-state index contributed by atoms with van der Waals surface area (Å²) >= 11 is 3.40. The number of methoxy groups -OCH3 is 2. The molecular formula is C11H16BrNO2. The van der Waals surface area contributed by atoms with Gasteiger partial charge in [-0.05, 0) is 25.5 Å². The molecule has 0 aliphatic heterocycles. The molecule has 0 heterocycles. The Morgan fingerprint density at radius 1 is 1.27 bits per heavy atom. The molecule has 84 valence electrons. The summed E-state index contributed by atoms with van der Waals surface area (Å²) in [6.07, 6.45) is 0.736. The van der Waals surface area contributed by atoms with Gasteiger partial charge >= 0.3 is 0 Å². The summed E-state index contributed by atoms with van der Waals surface area (Å²) in [5.74, 6) is 1.61. The smallest absolute Gasteiger partial charge is 0.126 e. The van der Waals surface area contributed by atoms with Crippen molar-refractivity contribution in [3.63, 3.8) is 0 Å². The Kier molecular flexibility index (Phi) is 4.42. The number of hydrogen-bond acceptors (Lipinski definition) is 3. The monoisotopic (exact) mass is 273 g/mol. The average molecular weight is 274 g/mol. The molecule has 15 heavy (non-hydrogen) atoms. The van der Waals surface area contributed by atoms with Gasteiger partial charge in [-0.3, -0.25) is 0 Å². The summed E-state index contributed by atoms with van der Waals surface area (Å²) < 4.78 is 11.5. The van der Waals surface area contributed by atoms with Crippen molar-refractivity contribution in [2.45, 2.75) is 19.4 Å². The Hall–Kier alpha value is -0.740. The fourth-order valence-electron chi connectivity index (χ4n) is 1.48. The van der Waals surface area contributed by atoms with Crippen LogP contribution in [0, 0.1) is 0 Å². The van der Waals surface area contributed by atoms with Gasteiger partial charge in [0.1, 0.15) is 11.5 Å². The van der Waals surface area contributed by atoms with Gasteiger partial charge in [0.05, 0.1) is 14.2 Å². The van der Waals surface area contributed by atoms with Crippen molar-refractivity contribution in [2.24, 2.45) is 5.73 Å². The number of rotatable bonds is 4. The molecular weight excluding hydrogens is 258 g/mol. The second-order valence-corrected chi connectivity index (χ2v) is 4.39. The van der Waals surface area contributed by atoms with Crippen LogP contribution in [-0.2, 0) is 6.42 Å². The molecule has 0 fully saturated rings. The van der Waals surface area contributed by atoms with Crippen molar-refractivity contribution in [3.8, 4) is 11.5 Å². The van der Waals surface area contributed by atoms with Crippen LogP contribution in [0.3, 0.4) is 0 Å². The zero-order chi connectivity index (χ0) is 11.4. The fraction of sp³-hybridized carbons (Fsp3) is 0.455. The average Bonchev–Trinajstić information content (AvgIpc) is 2.19. The van der Waals surface area contributed by atoms with E-state index in [9.17, 15) is 0 Å². The molecule has 0 saturated carbocycles. The maximum atomic E-state index is 5.79. The first kappa shape index (κ1) is 12.3. The molecule has 2 N–H and O–H groups in total. The molecule has 0 saturated heterocycles. The molecule has 1 aromatic carbocycles. The minimum Gasteiger partial charge on any atom is -0.496 e. The predicted octanol–water partition coefficient (Wildman–Crippen LogP) is 2.36. The molecule has 0 amide bonds. The highest BCUT2D eigenvalue weighted by atomic mass is 79.9. The van der Waals surface area contributed by atoms with E-state index < -0.39 is 0 Å². The molecule has 0 aromatic heterocycles. The molecule has 1 atom stereocenters. The number of ether oxygens (including phenoxy) is 2. The molecule has 1 unspecified atom stereocenters. The lowest BCUT2D eigenvalue weighted by atomic mass is 10.1. The second-order valence-electron chi connectivity index (χ2n) is 3.47. The van der Waals surface area contributed by atoms with E-state index in [-0.39, 0.29) is 6.04 Å². The SMILES string of the molecule is COc1cc(Br)cc(OC)c1CC(C)N. The Morgan fingerprint density at radius 2 is 1.73 bits per heavy atom. The minimum absolute atomic E-state index is 0.0778. The highest BCUT2D eigenvalue weighted by Gasteiger charge is 2.13. The molecule has 4 heteroatoms. The first-order valence-electron chi connectivity index (χ1n) is 4.74. The normalized spacial score (nSPS) is 12.3. The molecule has 0 radical (unpaired) electrons. The summed E-state index contributed by atoms with van der Waals surface area (Å²) in [4.78, 5) is 0. The first-order chi connectivity index (χ1) is 7.08. The largest absolute Gasteiger partial charge is 0.496 e. The molecule has 0 spiro atoms. The van der Waals surface area contributed by atoms with E-state index in [1.807, 2.05) is 19.1 Å². The van der Waals surface area contributed by atoms with E-state index in [0.717, 1.165) is 28.0 Å². The molecule has 1 aromatic rings. The summed E-state index contributed by atoms with van der Waals surface area (Å²) in [5.41, 5.74) is 6.80. The van der Waals surface area contributed by atoms with E-state index in [4.69, 9.17) is 15.2 Å². The lowest BCUT2D eigenvalue weighted by molar-refractivity contribution is 0.383. The van der Waals surface area contributed by atoms with Crippen LogP contribution in [0.15, 0.2) is 16.6 Å². The first-order valence-corrected chi connectivity index (χ1v) is 5.53. The van der Waals surface area contributed by atoms with Crippen molar-refractivity contribution in [2.75, 3.05) is 14.2 Å². The molecule has 3 nitrogen and oxygen atoms in total. The number of hydrogen-bond donors (Lipinski definition) is 1. The summed E-state index contributed by atoms with van der Waals surface area (Å²) in [6.45, 7) is 1.96. The van der Waals surface area contributed by atoms with E-state index in [1.165, 1.54) is 0 Å². The lowest BCUT2D eigenvalue weighted by Gasteiger charge is -2.15. The van der Waals surface area contributed by atoms with Crippen LogP contribution in [0.1, 0.15) is 12.5 Å². The number of benzene rings is 1. The zero-order valence-electron chi connectivity index (χ0n) is 9.21. The maximum absolute atomic E-state index is 5.79. The minimum atomic E-state index is 0.0778. The Bertz CT molecular complexity index is 314. The van der Waals surface area contributed by atoms with Gasteiger partial charge in [0.25, 0.3) is 0 Å². The van der Waals surface area contributed by atoms with Gasteiger partial charge in [-0.1, -0.05) is 15.9 Å². The van der Waals surface area contributed by atoms with Gasteiger partial charge < -0.3 is 15.2 Å². The van der Waals surface area contributed by atoms with Gasteiger partial charge in [0, 0.05) is 16.1 Å². The summed E-state index contributed by atoms with van der Waals surface area (Å²) in [5, 5.41) is 0. The van der Waals surface area contributed by atoms with Crippen molar-refractivity contribution in [1.82, 2.24) is 0 Å². The van der Waals surface area contributed by atoms with Gasteiger partial charge in [0.15, 0.2) is 0 Å². The number of nitrogens with two attached hydrogens (primary N) is 1. The van der Waals surface area contributed by atoms with E-state index >= 15 is 0 Å². The van der Waals surface area contributed by atoms with Gasteiger partial charge in [-0.15, -0.1) is 0 Å². The topological polar surface area (TPSA) is 44.5 Å². The predicted molar refractivity (Wildman–Crippen MR) is 64.6 cm³/mol. The lowest BCUT2D eigenvalue weighted by Crippen LogP contribution is -2.18. The van der Waals surface area contributed by atoms with Crippen LogP contribution >= 0.6 is 15.9 Å². The Labute approximate surface area is 98.7 Å².